The molecular formula is C20H20O3S. The first-order valence-corrected chi connectivity index (χ1v) is 9.22. The number of terminal acetylenes is 2. The lowest BCUT2D eigenvalue weighted by molar-refractivity contribution is 0.338. The molecule has 0 amide bonds. The van der Waals surface area contributed by atoms with Crippen molar-refractivity contribution < 1.29 is 13.3 Å². The zero-order chi connectivity index (χ0) is 18.1. The molecule has 0 fully saturated rings. The third kappa shape index (κ3) is 2.20. The number of rotatable bonds is 4. The highest BCUT2D eigenvalue weighted by molar-refractivity contribution is 8.12. The van der Waals surface area contributed by atoms with E-state index in [2.05, 4.69) is 11.8 Å². The van der Waals surface area contributed by atoms with Crippen molar-refractivity contribution in [3.8, 4) is 24.7 Å². The van der Waals surface area contributed by atoms with Gasteiger partial charge in [-0.1, -0.05) is 72.5 Å². The Hall–Kier alpha value is -2.37. The largest absolute Gasteiger partial charge is 0.305 e. The van der Waals surface area contributed by atoms with Crippen LogP contribution in [0.5, 0.6) is 0 Å². The van der Waals surface area contributed by atoms with Gasteiger partial charge in [0, 0.05) is 0 Å². The summed E-state index contributed by atoms with van der Waals surface area (Å²) in [5, 5.41) is 0. The van der Waals surface area contributed by atoms with Crippen molar-refractivity contribution in [3.63, 3.8) is 0 Å². The second kappa shape index (κ2) is 5.61. The van der Waals surface area contributed by atoms with Crippen LogP contribution in [0.3, 0.4) is 0 Å². The standard InChI is InChI=1S/C20H20O3S/c1-5-19(3,17-13-9-7-10-14-17)24(21,22,23)20(4,6-2)18-15-11-8-12-16-18/h1-2,7-16H,3-4H3,(H2,21,22,23). The van der Waals surface area contributed by atoms with E-state index in [0.717, 1.165) is 0 Å². The fraction of sp³-hybridized carbons (Fsp3) is 0.200. The van der Waals surface area contributed by atoms with Crippen LogP contribution in [0, 0.1) is 24.7 Å². The molecule has 2 aromatic rings. The molecule has 0 aliphatic rings. The van der Waals surface area contributed by atoms with Gasteiger partial charge >= 0.3 is 0 Å². The Labute approximate surface area is 143 Å². The van der Waals surface area contributed by atoms with Crippen LogP contribution in [0.4, 0.5) is 0 Å². The van der Waals surface area contributed by atoms with E-state index in [4.69, 9.17) is 12.8 Å². The number of benzene rings is 2. The van der Waals surface area contributed by atoms with Gasteiger partial charge in [0.1, 0.15) is 9.63 Å². The van der Waals surface area contributed by atoms with Crippen molar-refractivity contribution in [3.05, 3.63) is 71.8 Å². The summed E-state index contributed by atoms with van der Waals surface area (Å²) in [6, 6.07) is 16.6. The Kier molecular flexibility index (Phi) is 4.20. The quantitative estimate of drug-likeness (QED) is 0.831. The molecule has 3 nitrogen and oxygen atoms in total. The first-order valence-electron chi connectivity index (χ1n) is 7.34. The summed E-state index contributed by atoms with van der Waals surface area (Å²) in [7, 11) is -5.60. The zero-order valence-electron chi connectivity index (χ0n) is 13.6. The highest BCUT2D eigenvalue weighted by Crippen LogP contribution is 2.54. The molecule has 2 N–H and O–H groups in total. The average Bonchev–Trinajstić information content (AvgIpc) is 2.60. The maximum atomic E-state index is 13.7. The molecule has 2 atom stereocenters. The van der Waals surface area contributed by atoms with Gasteiger partial charge in [0.25, 0.3) is 0 Å². The summed E-state index contributed by atoms with van der Waals surface area (Å²) in [6.07, 6.45) is 11.3. The first-order chi connectivity index (χ1) is 11.1. The van der Waals surface area contributed by atoms with Gasteiger partial charge in [-0.25, -0.2) is 4.21 Å². The Morgan fingerprint density at radius 1 is 0.792 bits per heavy atom. The first kappa shape index (κ1) is 18.0. The predicted octanol–water partition coefficient (Wildman–Crippen LogP) is 3.85. The monoisotopic (exact) mass is 340 g/mol. The Morgan fingerprint density at radius 2 is 1.08 bits per heavy atom. The predicted molar refractivity (Wildman–Crippen MR) is 98.7 cm³/mol. The van der Waals surface area contributed by atoms with E-state index < -0.39 is 19.1 Å². The lowest BCUT2D eigenvalue weighted by Crippen LogP contribution is -2.61. The van der Waals surface area contributed by atoms with Gasteiger partial charge in [0.15, 0.2) is 9.49 Å². The smallest absolute Gasteiger partial charge is 0.152 e. The van der Waals surface area contributed by atoms with Gasteiger partial charge in [-0.05, 0) is 25.0 Å². The highest BCUT2D eigenvalue weighted by atomic mass is 32.3. The maximum Gasteiger partial charge on any atom is 0.152 e. The van der Waals surface area contributed by atoms with Crippen molar-refractivity contribution in [1.29, 1.82) is 0 Å². The minimum absolute atomic E-state index is 0.340. The van der Waals surface area contributed by atoms with Crippen LogP contribution >= 0.6 is 0 Å². The van der Waals surface area contributed by atoms with Crippen molar-refractivity contribution >= 4 is 9.63 Å². The molecule has 0 aromatic heterocycles. The Bertz CT molecular complexity index is 814. The van der Waals surface area contributed by atoms with Crippen molar-refractivity contribution in [2.75, 3.05) is 0 Å². The third-order valence-electron chi connectivity index (χ3n) is 4.67. The summed E-state index contributed by atoms with van der Waals surface area (Å²) in [6.45, 7) is 2.71. The molecule has 124 valence electrons. The molecule has 0 aliphatic heterocycles. The molecule has 2 unspecified atom stereocenters. The van der Waals surface area contributed by atoms with Crippen LogP contribution in [0.1, 0.15) is 25.0 Å². The average molecular weight is 340 g/mol. The molecule has 0 bridgehead atoms. The van der Waals surface area contributed by atoms with Gasteiger partial charge in [-0.3, -0.25) is 0 Å². The van der Waals surface area contributed by atoms with E-state index in [-0.39, 0.29) is 0 Å². The molecule has 4 heteroatoms. The third-order valence-corrected chi connectivity index (χ3v) is 8.32. The van der Waals surface area contributed by atoms with E-state index in [1.807, 2.05) is 0 Å². The fourth-order valence-electron chi connectivity index (χ4n) is 2.72. The van der Waals surface area contributed by atoms with Gasteiger partial charge in [0.05, 0.1) is 0 Å². The van der Waals surface area contributed by atoms with E-state index in [0.29, 0.717) is 11.1 Å². The molecule has 24 heavy (non-hydrogen) atoms. The molecular weight excluding hydrogens is 320 g/mol. The van der Waals surface area contributed by atoms with Gasteiger partial charge in [0.2, 0.25) is 0 Å². The van der Waals surface area contributed by atoms with Crippen molar-refractivity contribution in [1.82, 2.24) is 0 Å². The second-order valence-electron chi connectivity index (χ2n) is 5.95. The summed E-state index contributed by atoms with van der Waals surface area (Å²) < 4.78 is 32.2. The molecule has 0 aliphatic carbocycles. The molecule has 0 heterocycles. The van der Waals surface area contributed by atoms with Crippen LogP contribution in [0.25, 0.3) is 0 Å². The van der Waals surface area contributed by atoms with Crippen LogP contribution in [0.15, 0.2) is 60.7 Å². The highest BCUT2D eigenvalue weighted by Gasteiger charge is 2.63. The van der Waals surface area contributed by atoms with Crippen LogP contribution in [-0.4, -0.2) is 13.3 Å². The molecule has 0 saturated carbocycles. The normalized spacial score (nSPS) is 18.0. The van der Waals surface area contributed by atoms with Crippen molar-refractivity contribution in [2.45, 2.75) is 23.3 Å². The van der Waals surface area contributed by atoms with Crippen LogP contribution in [0.2, 0.25) is 0 Å². The Morgan fingerprint density at radius 3 is 1.33 bits per heavy atom. The lowest BCUT2D eigenvalue weighted by atomic mass is 10.00. The van der Waals surface area contributed by atoms with E-state index in [9.17, 15) is 13.3 Å². The van der Waals surface area contributed by atoms with Crippen molar-refractivity contribution in [2.24, 2.45) is 0 Å². The van der Waals surface area contributed by atoms with E-state index in [1.54, 1.807) is 60.7 Å². The summed E-state index contributed by atoms with van der Waals surface area (Å²) >= 11 is 0. The minimum Gasteiger partial charge on any atom is -0.305 e. The van der Waals surface area contributed by atoms with E-state index in [1.165, 1.54) is 13.8 Å². The number of hydrogen-bond acceptors (Lipinski definition) is 1. The Balaban J connectivity index is 2.84. The maximum absolute atomic E-state index is 13.7. The zero-order valence-corrected chi connectivity index (χ0v) is 14.5. The molecule has 0 spiro atoms. The SMILES string of the molecule is C#CC(C)(c1ccccc1)S(=O)(O)(O)C(C)(C#C)c1ccccc1. The van der Waals surface area contributed by atoms with Gasteiger partial charge < -0.3 is 9.11 Å². The number of hydrogen-bond donors (Lipinski definition) is 2. The second-order valence-corrected chi connectivity index (χ2v) is 9.31. The summed E-state index contributed by atoms with van der Waals surface area (Å²) in [5.41, 5.74) is 0.679. The van der Waals surface area contributed by atoms with E-state index >= 15 is 0 Å². The summed E-state index contributed by atoms with van der Waals surface area (Å²) in [4.78, 5) is 0. The lowest BCUT2D eigenvalue weighted by Gasteiger charge is -2.52. The molecule has 0 radical (unpaired) electrons. The molecule has 2 aromatic carbocycles. The molecule has 0 saturated heterocycles. The van der Waals surface area contributed by atoms with Gasteiger partial charge in [-0.15, -0.1) is 12.8 Å². The minimum atomic E-state index is -5.60. The van der Waals surface area contributed by atoms with Crippen LogP contribution in [-0.2, 0) is 19.1 Å². The summed E-state index contributed by atoms with van der Waals surface area (Å²) in [5.74, 6) is 4.65. The van der Waals surface area contributed by atoms with Crippen LogP contribution < -0.4 is 0 Å². The topological polar surface area (TPSA) is 57.5 Å². The molecule has 2 rings (SSSR count). The van der Waals surface area contributed by atoms with Gasteiger partial charge in [-0.2, -0.15) is 0 Å². The fourth-order valence-corrected chi connectivity index (χ4v) is 5.09.